The highest BCUT2D eigenvalue weighted by Crippen LogP contribution is 2.40. The Morgan fingerprint density at radius 3 is 3.00 bits per heavy atom. The fraction of sp³-hybridized carbons (Fsp3) is 0.231. The first-order valence-corrected chi connectivity index (χ1v) is 5.84. The van der Waals surface area contributed by atoms with E-state index in [1.165, 1.54) is 0 Å². The van der Waals surface area contributed by atoms with Crippen molar-refractivity contribution < 1.29 is 4.74 Å². The van der Waals surface area contributed by atoms with Crippen LogP contribution in [0.4, 0.5) is 0 Å². The molecule has 0 amide bonds. The summed E-state index contributed by atoms with van der Waals surface area (Å²) in [5.41, 5.74) is 4.80. The average Bonchev–Trinajstić information content (AvgIpc) is 2.85. The van der Waals surface area contributed by atoms with E-state index in [0.717, 1.165) is 17.0 Å². The van der Waals surface area contributed by atoms with E-state index in [-0.39, 0.29) is 12.0 Å². The number of rotatable bonds is 3. The van der Waals surface area contributed by atoms with Gasteiger partial charge in [-0.1, -0.05) is 18.2 Å². The second-order valence-electron chi connectivity index (χ2n) is 4.23. The van der Waals surface area contributed by atoms with Crippen LogP contribution >= 0.6 is 0 Å². The molecule has 0 aliphatic carbocycles. The molecule has 0 saturated heterocycles. The molecular formula is C13H14N4O. The highest BCUT2D eigenvalue weighted by molar-refractivity contribution is 5.41. The standard InChI is InChI=1S/C13H14N4O/c14-17-13(11-7-15-5-6-16-11)10-8-18-12-4-2-1-3-9(10)12/h1-7,10,13,17H,8,14H2. The van der Waals surface area contributed by atoms with Gasteiger partial charge in [0.15, 0.2) is 0 Å². The molecule has 1 aliphatic heterocycles. The quantitative estimate of drug-likeness (QED) is 0.624. The van der Waals surface area contributed by atoms with Crippen LogP contribution in [0.15, 0.2) is 42.9 Å². The lowest BCUT2D eigenvalue weighted by molar-refractivity contribution is 0.298. The Bertz CT molecular complexity index is 532. The van der Waals surface area contributed by atoms with Crippen molar-refractivity contribution in [2.75, 3.05) is 6.61 Å². The minimum absolute atomic E-state index is 0.0950. The Kier molecular flexibility index (Phi) is 2.92. The van der Waals surface area contributed by atoms with E-state index >= 15 is 0 Å². The lowest BCUT2D eigenvalue weighted by Crippen LogP contribution is -2.33. The minimum atomic E-state index is -0.0950. The summed E-state index contributed by atoms with van der Waals surface area (Å²) in [6.45, 7) is 0.602. The molecule has 5 nitrogen and oxygen atoms in total. The first-order chi connectivity index (χ1) is 8.90. The topological polar surface area (TPSA) is 73.1 Å². The summed E-state index contributed by atoms with van der Waals surface area (Å²) in [5, 5.41) is 0. The minimum Gasteiger partial charge on any atom is -0.493 e. The van der Waals surface area contributed by atoms with Crippen LogP contribution in [0.1, 0.15) is 23.2 Å². The number of nitrogens with two attached hydrogens (primary N) is 1. The van der Waals surface area contributed by atoms with Gasteiger partial charge in [0.05, 0.1) is 24.5 Å². The maximum Gasteiger partial charge on any atom is 0.122 e. The number of fused-ring (bicyclic) bond motifs is 1. The predicted octanol–water partition coefficient (Wildman–Crippen LogP) is 1.16. The van der Waals surface area contributed by atoms with Crippen LogP contribution in [0.2, 0.25) is 0 Å². The van der Waals surface area contributed by atoms with Crippen molar-refractivity contribution in [2.24, 2.45) is 5.84 Å². The molecule has 0 saturated carbocycles. The lowest BCUT2D eigenvalue weighted by atomic mass is 9.92. The molecule has 92 valence electrons. The molecule has 5 heteroatoms. The van der Waals surface area contributed by atoms with Crippen molar-refractivity contribution in [3.8, 4) is 5.75 Å². The van der Waals surface area contributed by atoms with Gasteiger partial charge < -0.3 is 4.74 Å². The molecule has 2 heterocycles. The van der Waals surface area contributed by atoms with Gasteiger partial charge >= 0.3 is 0 Å². The molecule has 0 radical (unpaired) electrons. The van der Waals surface area contributed by atoms with Gasteiger partial charge in [-0.05, 0) is 6.07 Å². The molecular weight excluding hydrogens is 228 g/mol. The Balaban J connectivity index is 1.95. The van der Waals surface area contributed by atoms with Gasteiger partial charge in [-0.15, -0.1) is 0 Å². The Morgan fingerprint density at radius 2 is 2.22 bits per heavy atom. The van der Waals surface area contributed by atoms with Gasteiger partial charge in [0.2, 0.25) is 0 Å². The van der Waals surface area contributed by atoms with Crippen LogP contribution in [0.5, 0.6) is 5.75 Å². The SMILES string of the molecule is NNC(c1cnccn1)C1COc2ccccc21. The summed E-state index contributed by atoms with van der Waals surface area (Å²) in [4.78, 5) is 8.39. The molecule has 2 atom stereocenters. The molecule has 0 bridgehead atoms. The van der Waals surface area contributed by atoms with E-state index in [2.05, 4.69) is 21.5 Å². The third-order valence-electron chi connectivity index (χ3n) is 3.22. The first kappa shape index (κ1) is 11.1. The van der Waals surface area contributed by atoms with Crippen molar-refractivity contribution in [1.82, 2.24) is 15.4 Å². The molecule has 1 aromatic carbocycles. The number of nitrogens with one attached hydrogen (secondary N) is 1. The van der Waals surface area contributed by atoms with Crippen molar-refractivity contribution in [3.05, 3.63) is 54.1 Å². The zero-order chi connectivity index (χ0) is 12.4. The lowest BCUT2D eigenvalue weighted by Gasteiger charge is -2.20. The number of nitrogens with zero attached hydrogens (tertiary/aromatic N) is 2. The number of para-hydroxylation sites is 1. The normalized spacial score (nSPS) is 19.1. The van der Waals surface area contributed by atoms with Crippen LogP contribution < -0.4 is 16.0 Å². The summed E-state index contributed by atoms with van der Waals surface area (Å²) in [5.74, 6) is 6.75. The van der Waals surface area contributed by atoms with Crippen LogP contribution in [0.25, 0.3) is 0 Å². The molecule has 0 spiro atoms. The van der Waals surface area contributed by atoms with E-state index in [0.29, 0.717) is 6.61 Å². The van der Waals surface area contributed by atoms with Gasteiger partial charge in [0.25, 0.3) is 0 Å². The van der Waals surface area contributed by atoms with Crippen molar-refractivity contribution in [3.63, 3.8) is 0 Å². The molecule has 3 rings (SSSR count). The van der Waals surface area contributed by atoms with Gasteiger partial charge in [-0.2, -0.15) is 0 Å². The summed E-state index contributed by atoms with van der Waals surface area (Å²) in [6, 6.07) is 7.91. The molecule has 3 N–H and O–H groups in total. The largest absolute Gasteiger partial charge is 0.493 e. The molecule has 1 aromatic heterocycles. The van der Waals surface area contributed by atoms with Gasteiger partial charge in [0.1, 0.15) is 5.75 Å². The first-order valence-electron chi connectivity index (χ1n) is 5.84. The smallest absolute Gasteiger partial charge is 0.122 e. The number of hydrogen-bond acceptors (Lipinski definition) is 5. The zero-order valence-corrected chi connectivity index (χ0v) is 9.78. The van der Waals surface area contributed by atoms with Crippen LogP contribution in [0, 0.1) is 0 Å². The fourth-order valence-electron chi connectivity index (χ4n) is 2.34. The number of ether oxygens (including phenoxy) is 1. The van der Waals surface area contributed by atoms with Gasteiger partial charge in [0, 0.05) is 23.9 Å². The van der Waals surface area contributed by atoms with Gasteiger partial charge in [-0.3, -0.25) is 21.2 Å². The highest BCUT2D eigenvalue weighted by atomic mass is 16.5. The molecule has 1 aliphatic rings. The number of benzene rings is 1. The van der Waals surface area contributed by atoms with E-state index in [9.17, 15) is 0 Å². The van der Waals surface area contributed by atoms with E-state index in [1.807, 2.05) is 18.2 Å². The number of aromatic nitrogens is 2. The zero-order valence-electron chi connectivity index (χ0n) is 9.78. The molecule has 2 aromatic rings. The van der Waals surface area contributed by atoms with E-state index in [4.69, 9.17) is 10.6 Å². The maximum absolute atomic E-state index is 5.67. The Labute approximate surface area is 105 Å². The predicted molar refractivity (Wildman–Crippen MR) is 66.8 cm³/mol. The Morgan fingerprint density at radius 1 is 1.33 bits per heavy atom. The summed E-state index contributed by atoms with van der Waals surface area (Å²) in [7, 11) is 0. The van der Waals surface area contributed by atoms with Crippen LogP contribution in [-0.2, 0) is 0 Å². The maximum atomic E-state index is 5.67. The van der Waals surface area contributed by atoms with Crippen molar-refractivity contribution >= 4 is 0 Å². The van der Waals surface area contributed by atoms with Crippen molar-refractivity contribution in [2.45, 2.75) is 12.0 Å². The number of hydrazine groups is 1. The summed E-state index contributed by atoms with van der Waals surface area (Å²) >= 11 is 0. The van der Waals surface area contributed by atoms with Crippen molar-refractivity contribution in [1.29, 1.82) is 0 Å². The average molecular weight is 242 g/mol. The molecule has 2 unspecified atom stereocenters. The molecule has 0 fully saturated rings. The van der Waals surface area contributed by atoms with Gasteiger partial charge in [-0.25, -0.2) is 0 Å². The number of hydrogen-bond donors (Lipinski definition) is 2. The third kappa shape index (κ3) is 1.83. The third-order valence-corrected chi connectivity index (χ3v) is 3.22. The van der Waals surface area contributed by atoms with E-state index < -0.39 is 0 Å². The summed E-state index contributed by atoms with van der Waals surface area (Å²) < 4.78 is 5.67. The highest BCUT2D eigenvalue weighted by Gasteiger charge is 2.32. The fourth-order valence-corrected chi connectivity index (χ4v) is 2.34. The van der Waals surface area contributed by atoms with Crippen LogP contribution in [0.3, 0.4) is 0 Å². The second-order valence-corrected chi connectivity index (χ2v) is 4.23. The summed E-state index contributed by atoms with van der Waals surface area (Å²) in [6.07, 6.45) is 5.04. The monoisotopic (exact) mass is 242 g/mol. The van der Waals surface area contributed by atoms with E-state index in [1.54, 1.807) is 18.6 Å². The molecule has 18 heavy (non-hydrogen) atoms. The Hall–Kier alpha value is -1.98. The van der Waals surface area contributed by atoms with Crippen LogP contribution in [-0.4, -0.2) is 16.6 Å². The second kappa shape index (κ2) is 4.72.